The van der Waals surface area contributed by atoms with E-state index >= 15 is 0 Å². The number of hydrogen-bond donors (Lipinski definition) is 3. The van der Waals surface area contributed by atoms with Crippen LogP contribution in [-0.4, -0.2) is 33.7 Å². The number of anilines is 2. The molecule has 0 spiro atoms. The minimum Gasteiger partial charge on any atom is -0.493 e. The topological polar surface area (TPSA) is 123 Å². The zero-order chi connectivity index (χ0) is 38.0. The van der Waals surface area contributed by atoms with Crippen molar-refractivity contribution >= 4 is 46.9 Å². The summed E-state index contributed by atoms with van der Waals surface area (Å²) in [6, 6.07) is 41.5. The molecular weight excluding hydrogens is 699 g/mol. The van der Waals surface area contributed by atoms with Crippen LogP contribution in [0.4, 0.5) is 11.4 Å². The zero-order valence-corrected chi connectivity index (χ0v) is 30.8. The maximum absolute atomic E-state index is 14.1. The maximum atomic E-state index is 14.1. The molecule has 6 rings (SSSR count). The standard InChI is InChI=1S/C43H39N5O5S/c1-4-53-37-26-15-14-21-32(37)27-36(45-40(49)31-19-10-6-11-20-31)41(50)44-33-22-16-25-35(28-33)54-39(30-17-8-5-9-18-30)42(51)46-38-29(2)47(3)48(43(38)52)34-23-12-7-13-24-34/h5-28,39H,4H2,1-3H3,(H,44,50)(H,45,49)(H,46,51)/b36-27+. The van der Waals surface area contributed by atoms with Crippen molar-refractivity contribution in [1.82, 2.24) is 14.7 Å². The molecule has 0 saturated heterocycles. The summed E-state index contributed by atoms with van der Waals surface area (Å²) in [7, 11) is 1.77. The number of ether oxygens (including phenoxy) is 1. The molecule has 0 aliphatic rings. The van der Waals surface area contributed by atoms with Gasteiger partial charge >= 0.3 is 0 Å². The molecule has 1 heterocycles. The van der Waals surface area contributed by atoms with E-state index in [-0.39, 0.29) is 22.9 Å². The van der Waals surface area contributed by atoms with Crippen molar-refractivity contribution in [3.63, 3.8) is 0 Å². The van der Waals surface area contributed by atoms with Crippen LogP contribution in [0.15, 0.2) is 155 Å². The quantitative estimate of drug-likeness (QED) is 0.0823. The SMILES string of the molecule is CCOc1ccccc1/C=C(/NC(=O)c1ccccc1)C(=O)Nc1cccc(SC(C(=O)Nc2c(C)n(C)n(-c3ccccc3)c2=O)c2ccccc2)c1. The molecule has 10 nitrogen and oxygen atoms in total. The van der Waals surface area contributed by atoms with Crippen LogP contribution in [0.25, 0.3) is 11.8 Å². The van der Waals surface area contributed by atoms with Crippen molar-refractivity contribution < 1.29 is 19.1 Å². The van der Waals surface area contributed by atoms with Gasteiger partial charge in [0.15, 0.2) is 0 Å². The Morgan fingerprint density at radius 1 is 0.796 bits per heavy atom. The molecule has 0 aliphatic carbocycles. The van der Waals surface area contributed by atoms with E-state index in [1.54, 1.807) is 85.4 Å². The Labute approximate surface area is 317 Å². The first-order chi connectivity index (χ1) is 26.2. The Balaban J connectivity index is 1.27. The molecular formula is C43H39N5O5S. The van der Waals surface area contributed by atoms with Crippen LogP contribution in [0.5, 0.6) is 5.75 Å². The summed E-state index contributed by atoms with van der Waals surface area (Å²) in [4.78, 5) is 55.5. The Kier molecular flexibility index (Phi) is 11.9. The molecule has 1 atom stereocenters. The first kappa shape index (κ1) is 37.2. The number of hydrogen-bond acceptors (Lipinski definition) is 6. The number of nitrogens with zero attached hydrogens (tertiary/aromatic N) is 2. The second-order valence-corrected chi connectivity index (χ2v) is 13.3. The second-order valence-electron chi connectivity index (χ2n) is 12.2. The van der Waals surface area contributed by atoms with Gasteiger partial charge in [0.1, 0.15) is 22.4 Å². The van der Waals surface area contributed by atoms with E-state index < -0.39 is 17.1 Å². The van der Waals surface area contributed by atoms with Gasteiger partial charge in [-0.15, -0.1) is 11.8 Å². The number of benzene rings is 5. The normalized spacial score (nSPS) is 11.7. The molecule has 0 radical (unpaired) electrons. The van der Waals surface area contributed by atoms with Crippen molar-refractivity contribution in [1.29, 1.82) is 0 Å². The third-order valence-corrected chi connectivity index (χ3v) is 9.78. The van der Waals surface area contributed by atoms with Crippen molar-refractivity contribution in [3.05, 3.63) is 178 Å². The van der Waals surface area contributed by atoms with Crippen LogP contribution in [-0.2, 0) is 16.6 Å². The molecule has 0 bridgehead atoms. The van der Waals surface area contributed by atoms with Crippen molar-refractivity contribution in [2.24, 2.45) is 7.05 Å². The lowest BCUT2D eigenvalue weighted by Gasteiger charge is -2.17. The third-order valence-electron chi connectivity index (χ3n) is 8.54. The van der Waals surface area contributed by atoms with Crippen LogP contribution >= 0.6 is 11.8 Å². The van der Waals surface area contributed by atoms with E-state index in [2.05, 4.69) is 16.0 Å². The molecule has 54 heavy (non-hydrogen) atoms. The summed E-state index contributed by atoms with van der Waals surface area (Å²) in [5, 5.41) is 7.84. The molecule has 1 aromatic heterocycles. The minimum absolute atomic E-state index is 0.00925. The largest absolute Gasteiger partial charge is 0.493 e. The van der Waals surface area contributed by atoms with Crippen molar-refractivity contribution in [2.45, 2.75) is 24.0 Å². The highest BCUT2D eigenvalue weighted by molar-refractivity contribution is 8.00. The summed E-state index contributed by atoms with van der Waals surface area (Å²) in [5.41, 5.74) is 3.32. The van der Waals surface area contributed by atoms with E-state index in [1.807, 2.05) is 85.8 Å². The Morgan fingerprint density at radius 3 is 2.15 bits per heavy atom. The van der Waals surface area contributed by atoms with E-state index in [1.165, 1.54) is 16.4 Å². The molecule has 5 aromatic carbocycles. The highest BCUT2D eigenvalue weighted by Gasteiger charge is 2.26. The van der Waals surface area contributed by atoms with Crippen LogP contribution in [0.1, 0.15) is 39.4 Å². The highest BCUT2D eigenvalue weighted by Crippen LogP contribution is 2.37. The predicted molar refractivity (Wildman–Crippen MR) is 214 cm³/mol. The zero-order valence-electron chi connectivity index (χ0n) is 30.0. The maximum Gasteiger partial charge on any atom is 0.295 e. The number of amides is 3. The van der Waals surface area contributed by atoms with E-state index in [0.717, 1.165) is 5.56 Å². The first-order valence-electron chi connectivity index (χ1n) is 17.3. The molecule has 3 amide bonds. The van der Waals surface area contributed by atoms with Gasteiger partial charge in [-0.05, 0) is 74.0 Å². The van der Waals surface area contributed by atoms with Crippen LogP contribution < -0.4 is 26.2 Å². The van der Waals surface area contributed by atoms with E-state index in [0.29, 0.717) is 45.4 Å². The average molecular weight is 738 g/mol. The Hall–Kier alpha value is -6.59. The average Bonchev–Trinajstić information content (AvgIpc) is 3.40. The van der Waals surface area contributed by atoms with Gasteiger partial charge in [0, 0.05) is 28.8 Å². The van der Waals surface area contributed by atoms with Gasteiger partial charge in [0.05, 0.1) is 18.0 Å². The summed E-state index contributed by atoms with van der Waals surface area (Å²) in [6.45, 7) is 4.08. The summed E-state index contributed by atoms with van der Waals surface area (Å²) < 4.78 is 9.00. The van der Waals surface area contributed by atoms with Crippen LogP contribution in [0.2, 0.25) is 0 Å². The Morgan fingerprint density at radius 2 is 1.44 bits per heavy atom. The fourth-order valence-corrected chi connectivity index (χ4v) is 6.85. The fraction of sp³-hybridized carbons (Fsp3) is 0.116. The molecule has 6 aromatic rings. The van der Waals surface area contributed by atoms with Crippen LogP contribution in [0, 0.1) is 6.92 Å². The van der Waals surface area contributed by atoms with Gasteiger partial charge in [0.25, 0.3) is 17.4 Å². The van der Waals surface area contributed by atoms with Gasteiger partial charge in [-0.3, -0.25) is 23.9 Å². The smallest absolute Gasteiger partial charge is 0.295 e. The van der Waals surface area contributed by atoms with Crippen molar-refractivity contribution in [3.8, 4) is 11.4 Å². The van der Waals surface area contributed by atoms with E-state index in [4.69, 9.17) is 4.74 Å². The Bertz CT molecular complexity index is 2360. The summed E-state index contributed by atoms with van der Waals surface area (Å²) in [5.74, 6) is -0.823. The molecule has 272 valence electrons. The number of carbonyl (C=O) groups is 3. The van der Waals surface area contributed by atoms with E-state index in [9.17, 15) is 19.2 Å². The van der Waals surface area contributed by atoms with Crippen molar-refractivity contribution in [2.75, 3.05) is 17.2 Å². The fourth-order valence-electron chi connectivity index (χ4n) is 5.77. The lowest BCUT2D eigenvalue weighted by Crippen LogP contribution is -2.30. The number of carbonyl (C=O) groups excluding carboxylic acids is 3. The van der Waals surface area contributed by atoms with Gasteiger partial charge in [0.2, 0.25) is 5.91 Å². The molecule has 0 aliphatic heterocycles. The number of thioether (sulfide) groups is 1. The monoisotopic (exact) mass is 737 g/mol. The lowest BCUT2D eigenvalue weighted by atomic mass is 10.1. The summed E-state index contributed by atoms with van der Waals surface area (Å²) >= 11 is 1.28. The van der Waals surface area contributed by atoms with Gasteiger partial charge in [-0.25, -0.2) is 4.68 Å². The molecule has 0 fully saturated rings. The first-order valence-corrected chi connectivity index (χ1v) is 18.2. The highest BCUT2D eigenvalue weighted by atomic mass is 32.2. The molecule has 1 unspecified atom stereocenters. The number of aromatic nitrogens is 2. The molecule has 0 saturated carbocycles. The minimum atomic E-state index is -0.753. The second kappa shape index (κ2) is 17.3. The number of nitrogens with one attached hydrogen (secondary N) is 3. The lowest BCUT2D eigenvalue weighted by molar-refractivity contribution is -0.116. The number of para-hydroxylation sites is 2. The molecule has 11 heteroatoms. The summed E-state index contributed by atoms with van der Waals surface area (Å²) in [6.07, 6.45) is 1.58. The number of rotatable bonds is 13. The molecule has 3 N–H and O–H groups in total. The van der Waals surface area contributed by atoms with Crippen LogP contribution in [0.3, 0.4) is 0 Å². The van der Waals surface area contributed by atoms with Gasteiger partial charge in [-0.1, -0.05) is 91.0 Å². The third kappa shape index (κ3) is 8.71. The predicted octanol–water partition coefficient (Wildman–Crippen LogP) is 7.76. The van der Waals surface area contributed by atoms with Gasteiger partial charge in [-0.2, -0.15) is 0 Å². The van der Waals surface area contributed by atoms with Gasteiger partial charge < -0.3 is 20.7 Å².